The van der Waals surface area contributed by atoms with Crippen LogP contribution in [0.25, 0.3) is 21.6 Å². The van der Waals surface area contributed by atoms with E-state index in [2.05, 4.69) is 20.3 Å². The van der Waals surface area contributed by atoms with E-state index in [0.717, 1.165) is 4.88 Å². The van der Waals surface area contributed by atoms with Crippen LogP contribution in [-0.4, -0.2) is 81.5 Å². The van der Waals surface area contributed by atoms with E-state index >= 15 is 0 Å². The topological polar surface area (TPSA) is 138 Å². The van der Waals surface area contributed by atoms with E-state index in [1.54, 1.807) is 35.4 Å². The number of piperazine rings is 1. The van der Waals surface area contributed by atoms with Gasteiger partial charge in [-0.3, -0.25) is 19.2 Å². The van der Waals surface area contributed by atoms with E-state index < -0.39 is 11.7 Å². The fraction of sp³-hybridized carbons (Fsp3) is 0.259. The van der Waals surface area contributed by atoms with Crippen LogP contribution in [0.15, 0.2) is 48.9 Å². The number of nitrogens with zero attached hydrogens (tertiary/aromatic N) is 4. The van der Waals surface area contributed by atoms with Gasteiger partial charge in [-0.05, 0) is 12.1 Å². The largest absolute Gasteiger partial charge is 0.494 e. The van der Waals surface area contributed by atoms with Crippen molar-refractivity contribution in [3.05, 3.63) is 64.9 Å². The third-order valence-corrected chi connectivity index (χ3v) is 7.48. The number of ether oxygens (including phenoxy) is 1. The lowest BCUT2D eigenvalue weighted by Crippen LogP contribution is -2.52. The van der Waals surface area contributed by atoms with E-state index in [4.69, 9.17) is 4.74 Å². The van der Waals surface area contributed by atoms with E-state index in [1.807, 2.05) is 6.07 Å². The van der Waals surface area contributed by atoms with Crippen molar-refractivity contribution in [2.24, 2.45) is 0 Å². The Hall–Kier alpha value is -4.58. The number of hydrogen-bond acceptors (Lipinski definition) is 8. The Bertz CT molecular complexity index is 1560. The van der Waals surface area contributed by atoms with Crippen LogP contribution >= 0.6 is 11.3 Å². The summed E-state index contributed by atoms with van der Waals surface area (Å²) in [5.41, 5.74) is 1.79. The summed E-state index contributed by atoms with van der Waals surface area (Å²) in [6.07, 6.45) is 4.64. The normalized spacial score (nSPS) is 13.4. The highest BCUT2D eigenvalue weighted by Crippen LogP contribution is 2.36. The average molecular weight is 547 g/mol. The van der Waals surface area contributed by atoms with Crippen molar-refractivity contribution in [3.63, 3.8) is 0 Å². The number of hydrogen-bond donors (Lipinski definition) is 2. The zero-order chi connectivity index (χ0) is 27.5. The van der Waals surface area contributed by atoms with Gasteiger partial charge in [0.15, 0.2) is 0 Å². The van der Waals surface area contributed by atoms with Crippen molar-refractivity contribution >= 4 is 45.7 Å². The van der Waals surface area contributed by atoms with Crippen molar-refractivity contribution < 1.29 is 23.9 Å². The first kappa shape index (κ1) is 26.0. The molecule has 0 aliphatic carbocycles. The van der Waals surface area contributed by atoms with Crippen molar-refractivity contribution in [1.82, 2.24) is 30.1 Å². The second-order valence-corrected chi connectivity index (χ2v) is 10.1. The second kappa shape index (κ2) is 11.0. The van der Waals surface area contributed by atoms with Gasteiger partial charge in [0, 0.05) is 55.9 Å². The number of aromatic nitrogens is 3. The van der Waals surface area contributed by atoms with Crippen LogP contribution in [0, 0.1) is 0 Å². The minimum Gasteiger partial charge on any atom is -0.494 e. The number of carbonyl (C=O) groups is 4. The smallest absolute Gasteiger partial charge is 0.295 e. The standard InChI is InChI=1S/C27H26N6O5S/c1-16(34)28-12-18-13-31-25(39-18)23-22-21(20(38-2)15-30-23)19(14-29-22)24(35)27(37)33-10-8-32(9-11-33)26(36)17-6-4-3-5-7-17/h3-7,13-15,29H,8-12H2,1-2H3,(H,28,34). The number of carbonyl (C=O) groups excluding carboxylic acids is 4. The highest BCUT2D eigenvalue weighted by Gasteiger charge is 2.31. The van der Waals surface area contributed by atoms with Crippen LogP contribution < -0.4 is 10.1 Å². The van der Waals surface area contributed by atoms with E-state index in [9.17, 15) is 19.2 Å². The number of nitrogens with one attached hydrogen (secondary N) is 2. The maximum Gasteiger partial charge on any atom is 0.295 e. The SMILES string of the molecule is COc1cnc(-c2ncc(CNC(C)=O)s2)c2[nH]cc(C(=O)C(=O)N3CCN(C(=O)c4ccccc4)CC3)c12. The number of amides is 3. The molecule has 4 heterocycles. The number of aromatic amines is 1. The third-order valence-electron chi connectivity index (χ3n) is 6.48. The summed E-state index contributed by atoms with van der Waals surface area (Å²) in [5, 5.41) is 3.77. The van der Waals surface area contributed by atoms with Crippen LogP contribution in [0.3, 0.4) is 0 Å². The van der Waals surface area contributed by atoms with Crippen LogP contribution in [0.5, 0.6) is 5.75 Å². The molecule has 200 valence electrons. The fourth-order valence-corrected chi connectivity index (χ4v) is 5.31. The second-order valence-electron chi connectivity index (χ2n) is 8.95. The molecule has 11 nitrogen and oxygen atoms in total. The Balaban J connectivity index is 1.35. The molecule has 5 rings (SSSR count). The molecule has 0 spiro atoms. The number of rotatable bonds is 7. The molecule has 0 bridgehead atoms. The van der Waals surface area contributed by atoms with Gasteiger partial charge in [-0.25, -0.2) is 9.97 Å². The van der Waals surface area contributed by atoms with Gasteiger partial charge in [0.2, 0.25) is 5.91 Å². The predicted octanol–water partition coefficient (Wildman–Crippen LogP) is 2.50. The first-order chi connectivity index (χ1) is 18.9. The molecule has 1 aliphatic rings. The highest BCUT2D eigenvalue weighted by molar-refractivity contribution is 7.15. The van der Waals surface area contributed by atoms with Crippen LogP contribution in [0.1, 0.15) is 32.5 Å². The van der Waals surface area contributed by atoms with E-state index in [1.165, 1.54) is 42.7 Å². The van der Waals surface area contributed by atoms with Gasteiger partial charge in [-0.1, -0.05) is 18.2 Å². The molecule has 0 saturated carbocycles. The minimum atomic E-state index is -0.676. The molecule has 3 aromatic heterocycles. The zero-order valence-electron chi connectivity index (χ0n) is 21.4. The lowest BCUT2D eigenvalue weighted by Gasteiger charge is -2.34. The Morgan fingerprint density at radius 1 is 1.03 bits per heavy atom. The Morgan fingerprint density at radius 3 is 2.44 bits per heavy atom. The molecule has 4 aromatic rings. The maximum atomic E-state index is 13.4. The van der Waals surface area contributed by atoms with Crippen molar-refractivity contribution in [2.45, 2.75) is 13.5 Å². The van der Waals surface area contributed by atoms with Gasteiger partial charge in [0.05, 0.1) is 36.3 Å². The number of methoxy groups -OCH3 is 1. The molecule has 0 unspecified atom stereocenters. The molecule has 12 heteroatoms. The molecule has 39 heavy (non-hydrogen) atoms. The number of pyridine rings is 1. The van der Waals surface area contributed by atoms with Gasteiger partial charge >= 0.3 is 0 Å². The van der Waals surface area contributed by atoms with E-state index in [0.29, 0.717) is 52.6 Å². The molecule has 0 radical (unpaired) electrons. The highest BCUT2D eigenvalue weighted by atomic mass is 32.1. The number of fused-ring (bicyclic) bond motifs is 1. The molecule has 3 amide bonds. The summed E-state index contributed by atoms with van der Waals surface area (Å²) in [6.45, 7) is 2.97. The molecular formula is C27H26N6O5S. The average Bonchev–Trinajstić information content (AvgIpc) is 3.63. The summed E-state index contributed by atoms with van der Waals surface area (Å²) in [4.78, 5) is 66.6. The van der Waals surface area contributed by atoms with Crippen LogP contribution in [-0.2, 0) is 16.1 Å². The molecular weight excluding hydrogens is 520 g/mol. The Morgan fingerprint density at radius 2 is 1.74 bits per heavy atom. The van der Waals surface area contributed by atoms with Gasteiger partial charge in [0.25, 0.3) is 17.6 Å². The number of ketones is 1. The molecule has 1 saturated heterocycles. The van der Waals surface area contributed by atoms with Crippen LogP contribution in [0.2, 0.25) is 0 Å². The monoisotopic (exact) mass is 546 g/mol. The van der Waals surface area contributed by atoms with Gasteiger partial charge < -0.3 is 24.8 Å². The quantitative estimate of drug-likeness (QED) is 0.268. The minimum absolute atomic E-state index is 0.0992. The van der Waals surface area contributed by atoms with Gasteiger partial charge in [-0.15, -0.1) is 11.3 Å². The van der Waals surface area contributed by atoms with Gasteiger partial charge in [0.1, 0.15) is 16.5 Å². The number of benzene rings is 1. The van der Waals surface area contributed by atoms with E-state index in [-0.39, 0.29) is 30.5 Å². The summed E-state index contributed by atoms with van der Waals surface area (Å²) >= 11 is 1.36. The number of Topliss-reactive ketones (excluding diaryl/α,β-unsaturated/α-hetero) is 1. The lowest BCUT2D eigenvalue weighted by atomic mass is 10.1. The van der Waals surface area contributed by atoms with Crippen molar-refractivity contribution in [1.29, 1.82) is 0 Å². The first-order valence-electron chi connectivity index (χ1n) is 12.3. The summed E-state index contributed by atoms with van der Waals surface area (Å²) in [5.74, 6) is -1.21. The Kier molecular flexibility index (Phi) is 7.37. The first-order valence-corrected chi connectivity index (χ1v) is 13.1. The molecule has 1 aromatic carbocycles. The molecule has 1 aliphatic heterocycles. The summed E-state index contributed by atoms with van der Waals surface area (Å²) in [6, 6.07) is 8.97. The molecule has 0 atom stereocenters. The predicted molar refractivity (Wildman–Crippen MR) is 145 cm³/mol. The number of thiazole rings is 1. The summed E-state index contributed by atoms with van der Waals surface area (Å²) < 4.78 is 5.48. The molecule has 1 fully saturated rings. The van der Waals surface area contributed by atoms with Crippen molar-refractivity contribution in [2.75, 3.05) is 33.3 Å². The molecule has 2 N–H and O–H groups in total. The van der Waals surface area contributed by atoms with Gasteiger partial charge in [-0.2, -0.15) is 0 Å². The lowest BCUT2D eigenvalue weighted by molar-refractivity contribution is -0.127. The van der Waals surface area contributed by atoms with Crippen LogP contribution in [0.4, 0.5) is 0 Å². The summed E-state index contributed by atoms with van der Waals surface area (Å²) in [7, 11) is 1.47. The van der Waals surface area contributed by atoms with Crippen molar-refractivity contribution in [3.8, 4) is 16.5 Å². The maximum absolute atomic E-state index is 13.4. The fourth-order valence-electron chi connectivity index (χ4n) is 4.46. The number of H-pyrrole nitrogens is 1. The zero-order valence-corrected chi connectivity index (χ0v) is 22.2. The Labute approximate surface area is 227 Å². The third kappa shape index (κ3) is 5.23.